The summed E-state index contributed by atoms with van der Waals surface area (Å²) in [6, 6.07) is 11.4. The van der Waals surface area contributed by atoms with Crippen molar-refractivity contribution in [1.82, 2.24) is 9.55 Å². The Kier molecular flexibility index (Phi) is 6.13. The summed E-state index contributed by atoms with van der Waals surface area (Å²) >= 11 is 1.31. The first-order valence-electron chi connectivity index (χ1n) is 9.75. The van der Waals surface area contributed by atoms with Gasteiger partial charge < -0.3 is 5.32 Å². The topological polar surface area (TPSA) is 64.0 Å². The van der Waals surface area contributed by atoms with Gasteiger partial charge in [-0.25, -0.2) is 4.98 Å². The van der Waals surface area contributed by atoms with Gasteiger partial charge in [0, 0.05) is 11.7 Å². The van der Waals surface area contributed by atoms with E-state index in [9.17, 15) is 9.59 Å². The van der Waals surface area contributed by atoms with Crippen molar-refractivity contribution in [2.45, 2.75) is 58.0 Å². The molecular weight excluding hydrogens is 382 g/mol. The van der Waals surface area contributed by atoms with Crippen LogP contribution in [0, 0.1) is 20.8 Å². The van der Waals surface area contributed by atoms with Crippen molar-refractivity contribution in [3.8, 4) is 0 Å². The van der Waals surface area contributed by atoms with E-state index in [4.69, 9.17) is 0 Å². The normalized spacial score (nSPS) is 12.4. The van der Waals surface area contributed by atoms with Gasteiger partial charge in [-0.15, -0.1) is 0 Å². The zero-order valence-electron chi connectivity index (χ0n) is 17.7. The van der Waals surface area contributed by atoms with E-state index < -0.39 is 5.25 Å². The van der Waals surface area contributed by atoms with Gasteiger partial charge in [0.2, 0.25) is 5.91 Å². The summed E-state index contributed by atoms with van der Waals surface area (Å²) in [5.74, 6) is -0.109. The van der Waals surface area contributed by atoms with Gasteiger partial charge in [0.25, 0.3) is 5.56 Å². The van der Waals surface area contributed by atoms with Gasteiger partial charge in [-0.3, -0.25) is 14.2 Å². The molecule has 0 aliphatic rings. The van der Waals surface area contributed by atoms with Crippen LogP contribution in [0.15, 0.2) is 46.3 Å². The van der Waals surface area contributed by atoms with E-state index in [0.717, 1.165) is 16.8 Å². The molecule has 29 heavy (non-hydrogen) atoms. The molecule has 0 radical (unpaired) electrons. The van der Waals surface area contributed by atoms with Crippen LogP contribution < -0.4 is 10.9 Å². The Bertz CT molecular complexity index is 1110. The number of para-hydroxylation sites is 1. The molecule has 3 aromatic rings. The predicted octanol–water partition coefficient (Wildman–Crippen LogP) is 5.02. The molecule has 2 aromatic carbocycles. The van der Waals surface area contributed by atoms with E-state index >= 15 is 0 Å². The first-order valence-corrected chi connectivity index (χ1v) is 10.6. The van der Waals surface area contributed by atoms with Crippen molar-refractivity contribution >= 4 is 34.3 Å². The number of carbonyl (C=O) groups excluding carboxylic acids is 1. The first-order chi connectivity index (χ1) is 13.7. The van der Waals surface area contributed by atoms with E-state index in [2.05, 4.69) is 22.4 Å². The van der Waals surface area contributed by atoms with Crippen LogP contribution in [0.25, 0.3) is 10.9 Å². The van der Waals surface area contributed by atoms with Gasteiger partial charge >= 0.3 is 0 Å². The predicted molar refractivity (Wildman–Crippen MR) is 121 cm³/mol. The van der Waals surface area contributed by atoms with Gasteiger partial charge in [0.15, 0.2) is 5.16 Å². The van der Waals surface area contributed by atoms with Gasteiger partial charge in [0.1, 0.15) is 0 Å². The zero-order chi connectivity index (χ0) is 21.3. The smallest absolute Gasteiger partial charge is 0.262 e. The number of anilines is 1. The molecule has 6 heteroatoms. The molecule has 0 fully saturated rings. The third kappa shape index (κ3) is 4.37. The molecular formula is C23H27N3O2S. The summed E-state index contributed by atoms with van der Waals surface area (Å²) in [6.07, 6.45) is 0. The highest BCUT2D eigenvalue weighted by Gasteiger charge is 2.21. The Morgan fingerprint density at radius 2 is 1.69 bits per heavy atom. The highest BCUT2D eigenvalue weighted by molar-refractivity contribution is 8.00. The summed E-state index contributed by atoms with van der Waals surface area (Å²) in [5.41, 5.74) is 4.66. The van der Waals surface area contributed by atoms with Crippen molar-refractivity contribution < 1.29 is 4.79 Å². The molecule has 1 amide bonds. The maximum atomic E-state index is 13.0. The van der Waals surface area contributed by atoms with Crippen LogP contribution in [0.5, 0.6) is 0 Å². The Morgan fingerprint density at radius 3 is 2.31 bits per heavy atom. The summed E-state index contributed by atoms with van der Waals surface area (Å²) in [5, 5.41) is 3.79. The minimum Gasteiger partial charge on any atom is -0.325 e. The number of amides is 1. The number of carbonyl (C=O) groups is 1. The molecule has 0 saturated heterocycles. The number of benzene rings is 2. The van der Waals surface area contributed by atoms with Crippen LogP contribution in [0.4, 0.5) is 5.69 Å². The lowest BCUT2D eigenvalue weighted by Gasteiger charge is -2.19. The minimum absolute atomic E-state index is 0.0565. The molecule has 1 atom stereocenters. The van der Waals surface area contributed by atoms with Crippen LogP contribution in [-0.4, -0.2) is 20.7 Å². The molecule has 1 heterocycles. The van der Waals surface area contributed by atoms with Crippen LogP contribution in [0.3, 0.4) is 0 Å². The number of nitrogens with zero attached hydrogens (tertiary/aromatic N) is 2. The molecule has 1 aromatic heterocycles. The Morgan fingerprint density at radius 1 is 1.07 bits per heavy atom. The second-order valence-corrected chi connectivity index (χ2v) is 9.01. The van der Waals surface area contributed by atoms with Gasteiger partial charge in [-0.05, 0) is 64.8 Å². The summed E-state index contributed by atoms with van der Waals surface area (Å²) in [7, 11) is 0. The van der Waals surface area contributed by atoms with E-state index in [-0.39, 0.29) is 17.5 Å². The van der Waals surface area contributed by atoms with Crippen molar-refractivity contribution in [2.75, 3.05) is 5.32 Å². The lowest BCUT2D eigenvalue weighted by molar-refractivity contribution is -0.115. The monoisotopic (exact) mass is 409 g/mol. The van der Waals surface area contributed by atoms with Crippen molar-refractivity contribution in [3.63, 3.8) is 0 Å². The summed E-state index contributed by atoms with van der Waals surface area (Å²) in [4.78, 5) is 30.5. The van der Waals surface area contributed by atoms with Crippen molar-refractivity contribution in [2.24, 2.45) is 0 Å². The molecule has 0 saturated carbocycles. The van der Waals surface area contributed by atoms with Crippen LogP contribution >= 0.6 is 11.8 Å². The maximum Gasteiger partial charge on any atom is 0.262 e. The number of hydrogen-bond acceptors (Lipinski definition) is 4. The number of aromatic nitrogens is 2. The Hall–Kier alpha value is -2.60. The number of thioether (sulfide) groups is 1. The second kappa shape index (κ2) is 8.41. The molecule has 0 spiro atoms. The summed E-state index contributed by atoms with van der Waals surface area (Å²) < 4.78 is 1.67. The molecule has 3 rings (SSSR count). The van der Waals surface area contributed by atoms with Crippen LogP contribution in [-0.2, 0) is 4.79 Å². The third-order valence-corrected chi connectivity index (χ3v) is 5.93. The number of aryl methyl sites for hydroxylation is 3. The molecule has 0 aliphatic heterocycles. The number of fused-ring (bicyclic) bond motifs is 1. The van der Waals surface area contributed by atoms with Gasteiger partial charge in [0.05, 0.1) is 16.2 Å². The fourth-order valence-corrected chi connectivity index (χ4v) is 4.52. The van der Waals surface area contributed by atoms with Crippen LogP contribution in [0.2, 0.25) is 0 Å². The van der Waals surface area contributed by atoms with E-state index in [1.807, 2.05) is 59.7 Å². The average molecular weight is 410 g/mol. The van der Waals surface area contributed by atoms with Gasteiger partial charge in [-0.2, -0.15) is 0 Å². The zero-order valence-corrected chi connectivity index (χ0v) is 18.6. The molecule has 152 valence electrons. The fourth-order valence-electron chi connectivity index (χ4n) is 3.48. The third-order valence-electron chi connectivity index (χ3n) is 4.87. The first kappa shape index (κ1) is 21.1. The average Bonchev–Trinajstić information content (AvgIpc) is 2.64. The fraction of sp³-hybridized carbons (Fsp3) is 0.348. The second-order valence-electron chi connectivity index (χ2n) is 7.70. The highest BCUT2D eigenvalue weighted by atomic mass is 32.2. The SMILES string of the molecule is Cc1cc(C)c(NC(=O)[C@@H](C)Sc2nc3ccccc3c(=O)n2C(C)C)c(C)c1. The summed E-state index contributed by atoms with van der Waals surface area (Å²) in [6.45, 7) is 11.8. The molecule has 0 aliphatic carbocycles. The Balaban J connectivity index is 1.91. The lowest BCUT2D eigenvalue weighted by Crippen LogP contribution is -2.28. The lowest BCUT2D eigenvalue weighted by atomic mass is 10.1. The van der Waals surface area contributed by atoms with E-state index in [0.29, 0.717) is 16.1 Å². The van der Waals surface area contributed by atoms with Crippen molar-refractivity contribution in [1.29, 1.82) is 0 Å². The molecule has 1 N–H and O–H groups in total. The minimum atomic E-state index is -0.409. The standard InChI is InChI=1S/C23H27N3O2S/c1-13(2)26-22(28)18-9-7-8-10-19(18)24-23(26)29-17(6)21(27)25-20-15(4)11-14(3)12-16(20)5/h7-13,17H,1-6H3,(H,25,27)/t17-/m1/s1. The number of hydrogen-bond donors (Lipinski definition) is 1. The maximum absolute atomic E-state index is 13.0. The van der Waals surface area contributed by atoms with Crippen molar-refractivity contribution in [3.05, 3.63) is 63.4 Å². The van der Waals surface area contributed by atoms with Gasteiger partial charge in [-0.1, -0.05) is 41.6 Å². The largest absolute Gasteiger partial charge is 0.325 e. The molecule has 5 nitrogen and oxygen atoms in total. The number of rotatable bonds is 5. The quantitative estimate of drug-likeness (QED) is 0.475. The van der Waals surface area contributed by atoms with E-state index in [1.54, 1.807) is 10.6 Å². The molecule has 0 unspecified atom stereocenters. The Labute approximate surface area is 175 Å². The highest BCUT2D eigenvalue weighted by Crippen LogP contribution is 2.27. The van der Waals surface area contributed by atoms with Crippen LogP contribution in [0.1, 0.15) is 43.5 Å². The van der Waals surface area contributed by atoms with E-state index in [1.165, 1.54) is 17.3 Å². The number of nitrogens with one attached hydrogen (secondary N) is 1. The molecule has 0 bridgehead atoms.